The Balaban J connectivity index is 1.62. The van der Waals surface area contributed by atoms with E-state index >= 15 is 0 Å². The molecule has 38 heavy (non-hydrogen) atoms. The van der Waals surface area contributed by atoms with Gasteiger partial charge in [-0.25, -0.2) is 9.78 Å². The summed E-state index contributed by atoms with van der Waals surface area (Å²) in [6, 6.07) is 11.1. The maximum absolute atomic E-state index is 13.4. The van der Waals surface area contributed by atoms with Gasteiger partial charge in [0.2, 0.25) is 0 Å². The number of pyridine rings is 1. The number of ether oxygens (including phenoxy) is 3. The van der Waals surface area contributed by atoms with E-state index in [1.165, 1.54) is 12.1 Å². The van der Waals surface area contributed by atoms with Crippen molar-refractivity contribution >= 4 is 22.8 Å². The molecule has 1 fully saturated rings. The molecule has 0 atom stereocenters. The molecule has 1 amide bonds. The quantitative estimate of drug-likeness (QED) is 0.445. The highest BCUT2D eigenvalue weighted by Gasteiger charge is 2.32. The van der Waals surface area contributed by atoms with Crippen LogP contribution in [0.2, 0.25) is 0 Å². The number of amides is 1. The number of carbonyl (C=O) groups excluding carboxylic acids is 1. The molecule has 1 aliphatic heterocycles. The largest absolute Gasteiger partial charge is 0.493 e. The highest BCUT2D eigenvalue weighted by atomic mass is 19.4. The van der Waals surface area contributed by atoms with Crippen molar-refractivity contribution in [2.75, 3.05) is 51.9 Å². The maximum atomic E-state index is 13.4. The average molecular weight is 533 g/mol. The third-order valence-electron chi connectivity index (χ3n) is 6.44. The topological polar surface area (TPSA) is 76.2 Å². The molecule has 11 heteroatoms. The molecular formula is C27H31F3N4O4. The third kappa shape index (κ3) is 6.04. The Kier molecular flexibility index (Phi) is 8.45. The molecule has 0 radical (unpaired) electrons. The van der Waals surface area contributed by atoms with E-state index < -0.39 is 11.7 Å². The number of methoxy groups -OCH3 is 2. The smallest absolute Gasteiger partial charge is 0.416 e. The second-order valence-corrected chi connectivity index (χ2v) is 8.80. The monoisotopic (exact) mass is 532 g/mol. The molecule has 0 unspecified atom stereocenters. The van der Waals surface area contributed by atoms with Gasteiger partial charge in [-0.1, -0.05) is 18.2 Å². The van der Waals surface area contributed by atoms with Gasteiger partial charge in [0.05, 0.1) is 31.9 Å². The number of anilines is 1. The van der Waals surface area contributed by atoms with Gasteiger partial charge in [0, 0.05) is 56.3 Å². The van der Waals surface area contributed by atoms with Crippen LogP contribution in [-0.4, -0.2) is 63.0 Å². The van der Waals surface area contributed by atoms with Crippen LogP contribution in [0.4, 0.5) is 23.8 Å². The second kappa shape index (κ2) is 11.8. The number of hydrogen-bond acceptors (Lipinski definition) is 7. The minimum absolute atomic E-state index is 0.0374. The van der Waals surface area contributed by atoms with Crippen molar-refractivity contribution in [2.45, 2.75) is 26.2 Å². The fourth-order valence-electron chi connectivity index (χ4n) is 4.54. The predicted octanol–water partition coefficient (Wildman–Crippen LogP) is 4.84. The number of nitrogens with zero attached hydrogens (tertiary/aromatic N) is 3. The summed E-state index contributed by atoms with van der Waals surface area (Å²) in [5, 5.41) is 3.97. The Bertz CT molecular complexity index is 1280. The fourth-order valence-corrected chi connectivity index (χ4v) is 4.54. The average Bonchev–Trinajstić information content (AvgIpc) is 2.91. The molecule has 0 spiro atoms. The van der Waals surface area contributed by atoms with Crippen molar-refractivity contribution in [3.8, 4) is 11.5 Å². The number of aromatic nitrogens is 1. The Morgan fingerprint density at radius 3 is 2.29 bits per heavy atom. The van der Waals surface area contributed by atoms with Crippen LogP contribution in [0.1, 0.15) is 23.6 Å². The van der Waals surface area contributed by atoms with E-state index in [4.69, 9.17) is 19.2 Å². The highest BCUT2D eigenvalue weighted by Crippen LogP contribution is 2.35. The van der Waals surface area contributed by atoms with Crippen LogP contribution in [0.25, 0.3) is 10.9 Å². The van der Waals surface area contributed by atoms with Crippen LogP contribution in [0.3, 0.4) is 0 Å². The predicted molar refractivity (Wildman–Crippen MR) is 138 cm³/mol. The van der Waals surface area contributed by atoms with Crippen LogP contribution in [0, 0.1) is 0 Å². The lowest BCUT2D eigenvalue weighted by atomic mass is 10.1. The van der Waals surface area contributed by atoms with Gasteiger partial charge in [0.25, 0.3) is 0 Å². The van der Waals surface area contributed by atoms with Crippen LogP contribution in [-0.2, 0) is 24.0 Å². The number of benzene rings is 2. The first-order chi connectivity index (χ1) is 18.2. The van der Waals surface area contributed by atoms with E-state index in [0.717, 1.165) is 17.0 Å². The van der Waals surface area contributed by atoms with Crippen molar-refractivity contribution in [3.05, 3.63) is 59.2 Å². The van der Waals surface area contributed by atoms with Gasteiger partial charge in [-0.2, -0.15) is 13.2 Å². The van der Waals surface area contributed by atoms with Crippen LogP contribution < -0.4 is 19.7 Å². The Hall–Kier alpha value is -3.73. The summed E-state index contributed by atoms with van der Waals surface area (Å²) in [5.74, 6) is 1.79. The molecule has 0 saturated carbocycles. The van der Waals surface area contributed by atoms with Crippen LogP contribution in [0.15, 0.2) is 42.5 Å². The molecule has 1 aliphatic rings. The van der Waals surface area contributed by atoms with Crippen molar-refractivity contribution < 1.29 is 32.2 Å². The zero-order chi connectivity index (χ0) is 27.3. The normalized spacial score (nSPS) is 14.1. The molecule has 2 aromatic carbocycles. The van der Waals surface area contributed by atoms with E-state index in [1.807, 2.05) is 12.1 Å². The highest BCUT2D eigenvalue weighted by molar-refractivity contribution is 5.85. The van der Waals surface area contributed by atoms with Gasteiger partial charge in [0.1, 0.15) is 5.82 Å². The van der Waals surface area contributed by atoms with Crippen molar-refractivity contribution in [2.24, 2.45) is 0 Å². The molecule has 4 rings (SSSR count). The lowest BCUT2D eigenvalue weighted by Crippen LogP contribution is -2.49. The van der Waals surface area contributed by atoms with Gasteiger partial charge in [-0.15, -0.1) is 0 Å². The summed E-state index contributed by atoms with van der Waals surface area (Å²) in [4.78, 5) is 20.8. The summed E-state index contributed by atoms with van der Waals surface area (Å²) in [7, 11) is 3.10. The van der Waals surface area contributed by atoms with Gasteiger partial charge >= 0.3 is 12.3 Å². The summed E-state index contributed by atoms with van der Waals surface area (Å²) >= 11 is 0. The van der Waals surface area contributed by atoms with Gasteiger partial charge in [0.15, 0.2) is 11.5 Å². The summed E-state index contributed by atoms with van der Waals surface area (Å²) in [6.07, 6.45) is -4.78. The SMILES string of the molecule is CCOC(=O)N1CCN(c2nc3cc(OC)c(OC)cc3cc2CNCc2ccccc2C(F)(F)F)CC1. The number of piperazine rings is 1. The van der Waals surface area contributed by atoms with E-state index in [1.54, 1.807) is 38.2 Å². The van der Waals surface area contributed by atoms with Crippen molar-refractivity contribution in [3.63, 3.8) is 0 Å². The van der Waals surface area contributed by atoms with E-state index in [9.17, 15) is 18.0 Å². The lowest BCUT2D eigenvalue weighted by molar-refractivity contribution is -0.138. The number of fused-ring (bicyclic) bond motifs is 1. The van der Waals surface area contributed by atoms with Gasteiger partial charge in [-0.3, -0.25) is 0 Å². The minimum Gasteiger partial charge on any atom is -0.493 e. The van der Waals surface area contributed by atoms with Gasteiger partial charge in [-0.05, 0) is 30.7 Å². The van der Waals surface area contributed by atoms with E-state index in [-0.39, 0.29) is 24.7 Å². The number of halogens is 3. The Morgan fingerprint density at radius 1 is 0.974 bits per heavy atom. The van der Waals surface area contributed by atoms with Gasteiger partial charge < -0.3 is 29.3 Å². The first-order valence-corrected chi connectivity index (χ1v) is 12.3. The second-order valence-electron chi connectivity index (χ2n) is 8.80. The Morgan fingerprint density at radius 2 is 1.63 bits per heavy atom. The summed E-state index contributed by atoms with van der Waals surface area (Å²) in [5.41, 5.74) is 1.02. The summed E-state index contributed by atoms with van der Waals surface area (Å²) < 4.78 is 56.3. The Labute approximate surface area is 219 Å². The number of alkyl halides is 3. The molecule has 8 nitrogen and oxygen atoms in total. The van der Waals surface area contributed by atoms with E-state index in [0.29, 0.717) is 55.6 Å². The van der Waals surface area contributed by atoms with Crippen LogP contribution >= 0.6 is 0 Å². The fraction of sp³-hybridized carbons (Fsp3) is 0.407. The number of nitrogens with one attached hydrogen (secondary N) is 1. The molecule has 1 aromatic heterocycles. The summed E-state index contributed by atoms with van der Waals surface area (Å²) in [6.45, 7) is 4.41. The molecule has 0 bridgehead atoms. The molecule has 1 N–H and O–H groups in total. The number of carbonyl (C=O) groups is 1. The molecule has 204 valence electrons. The molecule has 2 heterocycles. The molecular weight excluding hydrogens is 501 g/mol. The van der Waals surface area contributed by atoms with Crippen molar-refractivity contribution in [1.82, 2.24) is 15.2 Å². The number of rotatable bonds is 8. The van der Waals surface area contributed by atoms with Crippen LogP contribution in [0.5, 0.6) is 11.5 Å². The first kappa shape index (κ1) is 27.3. The minimum atomic E-state index is -4.43. The lowest BCUT2D eigenvalue weighted by Gasteiger charge is -2.35. The number of hydrogen-bond donors (Lipinski definition) is 1. The molecule has 3 aromatic rings. The third-order valence-corrected chi connectivity index (χ3v) is 6.44. The zero-order valence-corrected chi connectivity index (χ0v) is 21.6. The molecule has 0 aliphatic carbocycles. The molecule has 1 saturated heterocycles. The standard InChI is InChI=1S/C27H31F3N4O4/c1-4-38-26(35)34-11-9-33(10-12-34)25-20(13-19-14-23(36-2)24(37-3)15-22(19)32-25)17-31-16-18-7-5-6-8-21(18)27(28,29)30/h5-8,13-15,31H,4,9-12,16-17H2,1-3H3. The van der Waals surface area contributed by atoms with E-state index in [2.05, 4.69) is 10.2 Å². The zero-order valence-electron chi connectivity index (χ0n) is 21.6. The first-order valence-electron chi connectivity index (χ1n) is 12.3. The maximum Gasteiger partial charge on any atom is 0.416 e. The van der Waals surface area contributed by atoms with Crippen molar-refractivity contribution in [1.29, 1.82) is 0 Å².